The molecule has 0 saturated heterocycles. The van der Waals surface area contributed by atoms with Gasteiger partial charge in [-0.15, -0.1) is 0 Å². The topological polar surface area (TPSA) is 47.0 Å². The van der Waals surface area contributed by atoms with Gasteiger partial charge in [0, 0.05) is 12.5 Å². The Labute approximate surface area is 123 Å². The van der Waals surface area contributed by atoms with Gasteiger partial charge in [0.25, 0.3) is 0 Å². The van der Waals surface area contributed by atoms with E-state index in [1.807, 2.05) is 13.8 Å². The van der Waals surface area contributed by atoms with Crippen molar-refractivity contribution in [3.63, 3.8) is 0 Å². The number of hydrogen-bond donors (Lipinski definition) is 1. The third-order valence-electron chi connectivity index (χ3n) is 3.43. The van der Waals surface area contributed by atoms with Gasteiger partial charge in [-0.25, -0.2) is 9.37 Å². The summed E-state index contributed by atoms with van der Waals surface area (Å²) in [4.78, 5) is 9.11. The molecule has 21 heavy (non-hydrogen) atoms. The number of aromatic nitrogens is 2. The Hall–Kier alpha value is -2.17. The van der Waals surface area contributed by atoms with Gasteiger partial charge in [0.05, 0.1) is 5.56 Å². The number of hydrogen-bond acceptors (Lipinski definition) is 4. The van der Waals surface area contributed by atoms with Crippen LogP contribution in [0.1, 0.15) is 37.1 Å². The molecule has 4 nitrogen and oxygen atoms in total. The van der Waals surface area contributed by atoms with Crippen LogP contribution in [-0.4, -0.2) is 16.5 Å². The second-order valence-electron chi connectivity index (χ2n) is 5.22. The van der Waals surface area contributed by atoms with Crippen LogP contribution in [0, 0.1) is 12.7 Å². The van der Waals surface area contributed by atoms with Crippen molar-refractivity contribution in [2.24, 2.45) is 0 Å². The number of benzene rings is 1. The molecule has 5 heteroatoms. The number of rotatable bonds is 5. The molecule has 1 aromatic heterocycles. The van der Waals surface area contributed by atoms with E-state index in [1.165, 1.54) is 12.1 Å². The van der Waals surface area contributed by atoms with Crippen molar-refractivity contribution in [2.75, 3.05) is 11.9 Å². The van der Waals surface area contributed by atoms with E-state index >= 15 is 0 Å². The largest absolute Gasteiger partial charge is 0.439 e. The molecule has 0 bridgehead atoms. The highest BCUT2D eigenvalue weighted by Gasteiger charge is 2.28. The smallest absolute Gasteiger partial charge is 0.227 e. The first-order valence-electron chi connectivity index (χ1n) is 7.23. The predicted octanol–water partition coefficient (Wildman–Crippen LogP) is 4.03. The van der Waals surface area contributed by atoms with Crippen LogP contribution in [-0.2, 0) is 0 Å². The number of nitrogens with zero attached hydrogens (tertiary/aromatic N) is 2. The molecule has 1 aliphatic carbocycles. The van der Waals surface area contributed by atoms with Crippen LogP contribution in [0.5, 0.6) is 11.6 Å². The zero-order valence-corrected chi connectivity index (χ0v) is 12.2. The first-order valence-corrected chi connectivity index (χ1v) is 7.23. The van der Waals surface area contributed by atoms with E-state index in [1.54, 1.807) is 12.1 Å². The molecule has 1 saturated carbocycles. The quantitative estimate of drug-likeness (QED) is 0.902. The average Bonchev–Trinajstić information content (AvgIpc) is 3.30. The molecule has 1 fully saturated rings. The molecule has 0 unspecified atom stereocenters. The Bertz CT molecular complexity index is 639. The summed E-state index contributed by atoms with van der Waals surface area (Å²) < 4.78 is 18.8. The summed E-state index contributed by atoms with van der Waals surface area (Å²) in [6.45, 7) is 4.74. The van der Waals surface area contributed by atoms with Crippen molar-refractivity contribution in [3.8, 4) is 11.6 Å². The molecular formula is C16H18FN3O. The lowest BCUT2D eigenvalue weighted by Crippen LogP contribution is -2.07. The van der Waals surface area contributed by atoms with Crippen LogP contribution in [0.25, 0.3) is 0 Å². The fraction of sp³-hybridized carbons (Fsp3) is 0.375. The Morgan fingerprint density at radius 1 is 1.24 bits per heavy atom. The van der Waals surface area contributed by atoms with Gasteiger partial charge in [-0.1, -0.05) is 0 Å². The molecule has 2 aromatic rings. The summed E-state index contributed by atoms with van der Waals surface area (Å²) in [5, 5.41) is 3.24. The van der Waals surface area contributed by atoms with E-state index in [4.69, 9.17) is 4.74 Å². The van der Waals surface area contributed by atoms with Gasteiger partial charge < -0.3 is 10.1 Å². The maximum absolute atomic E-state index is 13.0. The van der Waals surface area contributed by atoms with Crippen molar-refractivity contribution >= 4 is 5.82 Å². The minimum atomic E-state index is -0.284. The predicted molar refractivity (Wildman–Crippen MR) is 79.4 cm³/mol. The van der Waals surface area contributed by atoms with E-state index in [0.29, 0.717) is 17.5 Å². The third-order valence-corrected chi connectivity index (χ3v) is 3.43. The zero-order valence-electron chi connectivity index (χ0n) is 12.2. The Balaban J connectivity index is 1.93. The van der Waals surface area contributed by atoms with Crippen LogP contribution in [0.15, 0.2) is 24.3 Å². The van der Waals surface area contributed by atoms with Crippen molar-refractivity contribution < 1.29 is 9.13 Å². The van der Waals surface area contributed by atoms with E-state index in [-0.39, 0.29) is 5.82 Å². The molecule has 0 atom stereocenters. The Morgan fingerprint density at radius 3 is 2.57 bits per heavy atom. The van der Waals surface area contributed by atoms with Gasteiger partial charge in [-0.05, 0) is 51.0 Å². The summed E-state index contributed by atoms with van der Waals surface area (Å²) in [7, 11) is 0. The minimum Gasteiger partial charge on any atom is -0.439 e. The van der Waals surface area contributed by atoms with Crippen molar-refractivity contribution in [2.45, 2.75) is 32.6 Å². The number of halogens is 1. The molecule has 1 heterocycles. The molecule has 1 aromatic carbocycles. The second-order valence-corrected chi connectivity index (χ2v) is 5.22. The number of nitrogens with one attached hydrogen (secondary N) is 1. The monoisotopic (exact) mass is 287 g/mol. The van der Waals surface area contributed by atoms with Crippen molar-refractivity contribution in [1.82, 2.24) is 9.97 Å². The Kier molecular flexibility index (Phi) is 3.73. The third kappa shape index (κ3) is 3.12. The molecule has 0 amide bonds. The molecule has 3 rings (SSSR count). The van der Waals surface area contributed by atoms with Crippen LogP contribution >= 0.6 is 0 Å². The van der Waals surface area contributed by atoms with Crippen LogP contribution in [0.4, 0.5) is 10.2 Å². The normalized spacial score (nSPS) is 14.0. The lowest BCUT2D eigenvalue weighted by Gasteiger charge is -2.13. The molecule has 0 aliphatic heterocycles. The summed E-state index contributed by atoms with van der Waals surface area (Å²) in [5.74, 6) is 2.91. The van der Waals surface area contributed by atoms with Crippen LogP contribution in [0.2, 0.25) is 0 Å². The van der Waals surface area contributed by atoms with Gasteiger partial charge in [0.1, 0.15) is 23.2 Å². The van der Waals surface area contributed by atoms with Gasteiger partial charge in [0.15, 0.2) is 0 Å². The van der Waals surface area contributed by atoms with Crippen molar-refractivity contribution in [3.05, 3.63) is 41.5 Å². The lowest BCUT2D eigenvalue weighted by molar-refractivity contribution is 0.453. The molecular weight excluding hydrogens is 269 g/mol. The molecule has 1 aliphatic rings. The first-order chi connectivity index (χ1) is 10.2. The lowest BCUT2D eigenvalue weighted by atomic mass is 10.3. The summed E-state index contributed by atoms with van der Waals surface area (Å²) in [6.07, 6.45) is 2.26. The van der Waals surface area contributed by atoms with E-state index in [0.717, 1.165) is 36.6 Å². The van der Waals surface area contributed by atoms with Crippen LogP contribution < -0.4 is 10.1 Å². The minimum absolute atomic E-state index is 0.284. The summed E-state index contributed by atoms with van der Waals surface area (Å²) in [5.41, 5.74) is 0.866. The average molecular weight is 287 g/mol. The van der Waals surface area contributed by atoms with Gasteiger partial charge >= 0.3 is 0 Å². The van der Waals surface area contributed by atoms with E-state index < -0.39 is 0 Å². The fourth-order valence-electron chi connectivity index (χ4n) is 2.09. The SMILES string of the molecule is CCNc1nc(C2CC2)nc(Oc2ccc(F)cc2)c1C. The van der Waals surface area contributed by atoms with E-state index in [9.17, 15) is 4.39 Å². The van der Waals surface area contributed by atoms with Gasteiger partial charge in [0.2, 0.25) is 5.88 Å². The van der Waals surface area contributed by atoms with E-state index in [2.05, 4.69) is 15.3 Å². The first kappa shape index (κ1) is 13.8. The summed E-state index contributed by atoms with van der Waals surface area (Å²) in [6, 6.07) is 5.94. The molecule has 110 valence electrons. The molecule has 1 N–H and O–H groups in total. The second kappa shape index (κ2) is 5.68. The number of anilines is 1. The maximum atomic E-state index is 13.0. The highest BCUT2D eigenvalue weighted by atomic mass is 19.1. The summed E-state index contributed by atoms with van der Waals surface area (Å²) >= 11 is 0. The van der Waals surface area contributed by atoms with Gasteiger partial charge in [-0.3, -0.25) is 0 Å². The highest BCUT2D eigenvalue weighted by Crippen LogP contribution is 2.40. The highest BCUT2D eigenvalue weighted by molar-refractivity contribution is 5.50. The van der Waals surface area contributed by atoms with Crippen molar-refractivity contribution in [1.29, 1.82) is 0 Å². The maximum Gasteiger partial charge on any atom is 0.227 e. The van der Waals surface area contributed by atoms with Crippen LogP contribution in [0.3, 0.4) is 0 Å². The number of ether oxygens (including phenoxy) is 1. The zero-order chi connectivity index (χ0) is 14.8. The molecule has 0 spiro atoms. The standard InChI is InChI=1S/C16H18FN3O/c1-3-18-14-10(2)16(20-15(19-14)11-4-5-11)21-13-8-6-12(17)7-9-13/h6-9,11H,3-5H2,1-2H3,(H,18,19,20). The Morgan fingerprint density at radius 2 is 1.95 bits per heavy atom. The molecule has 0 radical (unpaired) electrons. The van der Waals surface area contributed by atoms with Gasteiger partial charge in [-0.2, -0.15) is 4.98 Å². The fourth-order valence-corrected chi connectivity index (χ4v) is 2.09.